The van der Waals surface area contributed by atoms with Gasteiger partial charge >= 0.3 is 0 Å². The van der Waals surface area contributed by atoms with Crippen LogP contribution in [0, 0.1) is 11.8 Å². The molecule has 0 amide bonds. The van der Waals surface area contributed by atoms with E-state index in [4.69, 9.17) is 0 Å². The van der Waals surface area contributed by atoms with E-state index in [0.717, 1.165) is 12.0 Å². The molecular formula is C10H13NO2. The number of aryl methyl sites for hydroxylation is 2. The highest BCUT2D eigenvalue weighted by atomic mass is 16.7. The van der Waals surface area contributed by atoms with E-state index in [1.807, 2.05) is 18.2 Å². The molecule has 0 saturated heterocycles. The molecule has 0 saturated carbocycles. The van der Waals surface area contributed by atoms with Crippen LogP contribution in [0.25, 0.3) is 0 Å². The van der Waals surface area contributed by atoms with Crippen molar-refractivity contribution in [2.75, 3.05) is 0 Å². The molecule has 1 rings (SSSR count). The average molecular weight is 179 g/mol. The Bertz CT molecular complexity index is 297. The summed E-state index contributed by atoms with van der Waals surface area (Å²) >= 11 is 0. The van der Waals surface area contributed by atoms with Crippen LogP contribution in [0.3, 0.4) is 0 Å². The van der Waals surface area contributed by atoms with Crippen LogP contribution in [-0.2, 0) is 17.9 Å². The van der Waals surface area contributed by atoms with E-state index in [2.05, 4.69) is 24.0 Å². The molecule has 0 aliphatic carbocycles. The second kappa shape index (κ2) is 4.60. The minimum Gasteiger partial charge on any atom is -0.359 e. The molecule has 0 bridgehead atoms. The van der Waals surface area contributed by atoms with Gasteiger partial charge in [0.1, 0.15) is 6.61 Å². The monoisotopic (exact) mass is 179 g/mol. The zero-order chi connectivity index (χ0) is 9.68. The first-order valence-corrected chi connectivity index (χ1v) is 4.31. The van der Waals surface area contributed by atoms with E-state index in [-0.39, 0.29) is 6.61 Å². The van der Waals surface area contributed by atoms with Crippen molar-refractivity contribution in [3.8, 4) is 0 Å². The highest BCUT2D eigenvalue weighted by Gasteiger charge is 1.98. The molecule has 1 aromatic rings. The van der Waals surface area contributed by atoms with Crippen LogP contribution in [-0.4, -0.2) is 0 Å². The van der Waals surface area contributed by atoms with Gasteiger partial charge in [-0.3, -0.25) is 0 Å². The Morgan fingerprint density at radius 2 is 2.23 bits per heavy atom. The molecule has 0 aromatic heterocycles. The van der Waals surface area contributed by atoms with Gasteiger partial charge in [0.2, 0.25) is 0 Å². The zero-order valence-electron chi connectivity index (χ0n) is 7.91. The molecule has 0 aliphatic rings. The number of hydrogen-bond donors (Lipinski definition) is 0. The van der Waals surface area contributed by atoms with Gasteiger partial charge in [-0.05, 0) is 30.0 Å². The van der Waals surface area contributed by atoms with Gasteiger partial charge in [0.15, 0.2) is 5.34 Å². The zero-order valence-corrected chi connectivity index (χ0v) is 7.91. The topological polar surface area (TPSA) is 38.7 Å². The van der Waals surface area contributed by atoms with Crippen molar-refractivity contribution in [2.24, 2.45) is 5.34 Å². The lowest BCUT2D eigenvalue weighted by Crippen LogP contribution is -1.91. The van der Waals surface area contributed by atoms with Crippen molar-refractivity contribution >= 4 is 0 Å². The Morgan fingerprint density at radius 3 is 2.85 bits per heavy atom. The van der Waals surface area contributed by atoms with E-state index in [9.17, 15) is 4.91 Å². The second-order valence-electron chi connectivity index (χ2n) is 2.96. The summed E-state index contributed by atoms with van der Waals surface area (Å²) < 4.78 is 0. The minimum atomic E-state index is 0.261. The molecule has 3 heteroatoms. The maximum atomic E-state index is 9.73. The lowest BCUT2D eigenvalue weighted by molar-refractivity contribution is 0.126. The van der Waals surface area contributed by atoms with Crippen LogP contribution in [0.4, 0.5) is 0 Å². The molecule has 0 spiro atoms. The lowest BCUT2D eigenvalue weighted by atomic mass is 10.0. The van der Waals surface area contributed by atoms with Crippen LogP contribution in [0.1, 0.15) is 23.6 Å². The van der Waals surface area contributed by atoms with Crippen molar-refractivity contribution in [3.05, 3.63) is 39.8 Å². The highest BCUT2D eigenvalue weighted by Crippen LogP contribution is 2.12. The summed E-state index contributed by atoms with van der Waals surface area (Å²) in [5, 5.41) is 2.36. The van der Waals surface area contributed by atoms with Gasteiger partial charge in [0.25, 0.3) is 0 Å². The first kappa shape index (κ1) is 9.71. The molecule has 0 aliphatic heterocycles. The summed E-state index contributed by atoms with van der Waals surface area (Å²) in [6, 6.07) is 6.02. The number of nitrogens with zero attached hydrogens (tertiary/aromatic N) is 1. The van der Waals surface area contributed by atoms with Crippen molar-refractivity contribution in [3.63, 3.8) is 0 Å². The summed E-state index contributed by atoms with van der Waals surface area (Å²) in [6.45, 7) is 4.43. The van der Waals surface area contributed by atoms with E-state index in [1.54, 1.807) is 0 Å². The fourth-order valence-electron chi connectivity index (χ4n) is 1.30. The van der Waals surface area contributed by atoms with Gasteiger partial charge in [-0.2, -0.15) is 0 Å². The van der Waals surface area contributed by atoms with Gasteiger partial charge in [-0.1, -0.05) is 25.1 Å². The third-order valence-electron chi connectivity index (χ3n) is 2.08. The standard InChI is InChI=1S/C10H13NO2/c1-3-10-6-9(7-13-11-12)5-4-8(10)2/h4-6H,3,7H2,1-2H3. The second-order valence-corrected chi connectivity index (χ2v) is 2.96. The van der Waals surface area contributed by atoms with Gasteiger partial charge in [-0.25, -0.2) is 0 Å². The number of benzene rings is 1. The first-order valence-electron chi connectivity index (χ1n) is 4.31. The Kier molecular flexibility index (Phi) is 3.43. The van der Waals surface area contributed by atoms with Crippen LogP contribution < -0.4 is 0 Å². The summed E-state index contributed by atoms with van der Waals surface area (Å²) in [5.41, 5.74) is 3.54. The first-order chi connectivity index (χ1) is 6.27. The van der Waals surface area contributed by atoms with Crippen LogP contribution in [0.15, 0.2) is 23.5 Å². The van der Waals surface area contributed by atoms with Crippen LogP contribution in [0.2, 0.25) is 0 Å². The Balaban J connectivity index is 2.79. The maximum absolute atomic E-state index is 9.73. The maximum Gasteiger partial charge on any atom is 0.155 e. The molecule has 0 unspecified atom stereocenters. The lowest BCUT2D eigenvalue weighted by Gasteiger charge is -2.04. The molecule has 70 valence electrons. The van der Waals surface area contributed by atoms with E-state index in [0.29, 0.717) is 0 Å². The quantitative estimate of drug-likeness (QED) is 0.526. The third kappa shape index (κ3) is 2.54. The van der Waals surface area contributed by atoms with E-state index < -0.39 is 0 Å². The third-order valence-corrected chi connectivity index (χ3v) is 2.08. The predicted octanol–water partition coefficient (Wildman–Crippen LogP) is 2.76. The largest absolute Gasteiger partial charge is 0.359 e. The number of rotatable bonds is 4. The SMILES string of the molecule is CCc1cc(CON=O)ccc1C. The van der Waals surface area contributed by atoms with Crippen LogP contribution >= 0.6 is 0 Å². The van der Waals surface area contributed by atoms with E-state index >= 15 is 0 Å². The van der Waals surface area contributed by atoms with Gasteiger partial charge in [-0.15, -0.1) is 4.91 Å². The van der Waals surface area contributed by atoms with Crippen molar-refractivity contribution in [2.45, 2.75) is 26.9 Å². The van der Waals surface area contributed by atoms with E-state index in [1.165, 1.54) is 11.1 Å². The van der Waals surface area contributed by atoms with Crippen molar-refractivity contribution < 1.29 is 4.84 Å². The fourth-order valence-corrected chi connectivity index (χ4v) is 1.30. The molecule has 13 heavy (non-hydrogen) atoms. The highest BCUT2D eigenvalue weighted by molar-refractivity contribution is 5.30. The van der Waals surface area contributed by atoms with Crippen molar-refractivity contribution in [1.82, 2.24) is 0 Å². The number of hydrogen-bond acceptors (Lipinski definition) is 3. The van der Waals surface area contributed by atoms with Gasteiger partial charge in [0, 0.05) is 0 Å². The molecule has 3 nitrogen and oxygen atoms in total. The minimum absolute atomic E-state index is 0.261. The molecule has 0 N–H and O–H groups in total. The predicted molar refractivity (Wildman–Crippen MR) is 51.1 cm³/mol. The Morgan fingerprint density at radius 1 is 1.46 bits per heavy atom. The van der Waals surface area contributed by atoms with Gasteiger partial charge < -0.3 is 4.84 Å². The Hall–Kier alpha value is -1.38. The molecule has 0 atom stereocenters. The molecule has 0 fully saturated rings. The summed E-state index contributed by atoms with van der Waals surface area (Å²) in [6.07, 6.45) is 0.994. The molecular weight excluding hydrogens is 166 g/mol. The molecule has 1 aromatic carbocycles. The van der Waals surface area contributed by atoms with Crippen molar-refractivity contribution in [1.29, 1.82) is 0 Å². The smallest absolute Gasteiger partial charge is 0.155 e. The summed E-state index contributed by atoms with van der Waals surface area (Å²) in [7, 11) is 0. The average Bonchev–Trinajstić information content (AvgIpc) is 2.16. The normalized spacial score (nSPS) is 9.69. The Labute approximate surface area is 77.7 Å². The molecule has 0 radical (unpaired) electrons. The summed E-state index contributed by atoms with van der Waals surface area (Å²) in [4.78, 5) is 14.2. The van der Waals surface area contributed by atoms with Gasteiger partial charge in [0.05, 0.1) is 0 Å². The molecule has 0 heterocycles. The van der Waals surface area contributed by atoms with Crippen LogP contribution in [0.5, 0.6) is 0 Å². The fraction of sp³-hybridized carbons (Fsp3) is 0.400. The summed E-state index contributed by atoms with van der Waals surface area (Å²) in [5.74, 6) is 0.